The predicted molar refractivity (Wildman–Crippen MR) is 113 cm³/mol. The van der Waals surface area contributed by atoms with E-state index in [1.165, 1.54) is 0 Å². The van der Waals surface area contributed by atoms with E-state index >= 15 is 0 Å². The van der Waals surface area contributed by atoms with Crippen molar-refractivity contribution in [2.24, 2.45) is 0 Å². The number of carbonyl (C=O) groups is 1. The van der Waals surface area contributed by atoms with Crippen molar-refractivity contribution in [1.82, 2.24) is 4.90 Å². The van der Waals surface area contributed by atoms with Crippen LogP contribution in [0.5, 0.6) is 0 Å². The average Bonchev–Trinajstić information content (AvgIpc) is 2.69. The van der Waals surface area contributed by atoms with Crippen molar-refractivity contribution in [3.63, 3.8) is 0 Å². The van der Waals surface area contributed by atoms with Crippen LogP contribution in [0.3, 0.4) is 0 Å². The van der Waals surface area contributed by atoms with Gasteiger partial charge in [-0.15, -0.1) is 0 Å². The third kappa shape index (κ3) is 4.07. The lowest BCUT2D eigenvalue weighted by atomic mass is 10.1. The molecule has 1 amide bonds. The molecule has 0 atom stereocenters. The van der Waals surface area contributed by atoms with Gasteiger partial charge in [-0.2, -0.15) is 0 Å². The molecule has 1 aliphatic rings. The van der Waals surface area contributed by atoms with Gasteiger partial charge in [0.1, 0.15) is 0 Å². The molecule has 27 heavy (non-hydrogen) atoms. The van der Waals surface area contributed by atoms with Gasteiger partial charge in [0.25, 0.3) is 0 Å². The van der Waals surface area contributed by atoms with Crippen LogP contribution in [0.15, 0.2) is 66.7 Å². The highest BCUT2D eigenvalue weighted by molar-refractivity contribution is 6.33. The number of nitrogens with zero attached hydrogens (tertiary/aromatic N) is 2. The monoisotopic (exact) mass is 379 g/mol. The van der Waals surface area contributed by atoms with Gasteiger partial charge < -0.3 is 10.2 Å². The van der Waals surface area contributed by atoms with Crippen LogP contribution in [0.1, 0.15) is 0 Å². The molecule has 5 heteroatoms. The second-order valence-corrected chi connectivity index (χ2v) is 7.20. The number of benzene rings is 3. The van der Waals surface area contributed by atoms with E-state index in [4.69, 9.17) is 11.6 Å². The Morgan fingerprint density at radius 2 is 1.59 bits per heavy atom. The number of carbonyl (C=O) groups excluding carboxylic acids is 1. The van der Waals surface area contributed by atoms with Crippen molar-refractivity contribution >= 4 is 39.7 Å². The Labute approximate surface area is 164 Å². The molecule has 1 heterocycles. The smallest absolute Gasteiger partial charge is 0.238 e. The van der Waals surface area contributed by atoms with Crippen LogP contribution >= 0.6 is 11.6 Å². The number of rotatable bonds is 4. The van der Waals surface area contributed by atoms with Gasteiger partial charge in [0.15, 0.2) is 0 Å². The van der Waals surface area contributed by atoms with E-state index in [9.17, 15) is 4.79 Å². The number of piperazine rings is 1. The third-order valence-electron chi connectivity index (χ3n) is 5.00. The molecule has 1 saturated heterocycles. The summed E-state index contributed by atoms with van der Waals surface area (Å²) in [5, 5.41) is 6.04. The summed E-state index contributed by atoms with van der Waals surface area (Å²) in [5.41, 5.74) is 1.94. The molecule has 4 rings (SSSR count). The number of anilines is 2. The predicted octanol–water partition coefficient (Wildman–Crippen LogP) is 4.25. The second kappa shape index (κ2) is 7.99. The van der Waals surface area contributed by atoms with Gasteiger partial charge in [-0.05, 0) is 23.6 Å². The average molecular weight is 380 g/mol. The fraction of sp³-hybridized carbons (Fsp3) is 0.227. The maximum Gasteiger partial charge on any atom is 0.238 e. The molecule has 0 radical (unpaired) electrons. The number of para-hydroxylation sites is 1. The highest BCUT2D eigenvalue weighted by atomic mass is 35.5. The molecule has 4 nitrogen and oxygen atoms in total. The van der Waals surface area contributed by atoms with E-state index in [-0.39, 0.29) is 5.91 Å². The summed E-state index contributed by atoms with van der Waals surface area (Å²) in [5.74, 6) is 0.0255. The first kappa shape index (κ1) is 17.8. The summed E-state index contributed by atoms with van der Waals surface area (Å²) in [6, 6.07) is 22.0. The van der Waals surface area contributed by atoms with Gasteiger partial charge in [-0.1, -0.05) is 60.1 Å². The fourth-order valence-electron chi connectivity index (χ4n) is 3.58. The van der Waals surface area contributed by atoms with Crippen molar-refractivity contribution in [3.05, 3.63) is 71.8 Å². The van der Waals surface area contributed by atoms with Crippen LogP contribution in [0.2, 0.25) is 5.02 Å². The van der Waals surface area contributed by atoms with E-state index < -0.39 is 0 Å². The number of hydrogen-bond donors (Lipinski definition) is 1. The summed E-state index contributed by atoms with van der Waals surface area (Å²) >= 11 is 6.30. The largest absolute Gasteiger partial charge is 0.368 e. The SMILES string of the molecule is O=C(CN1CCN(c2ccccc2Cl)CC1)Nc1cccc2ccccc12. The molecule has 1 fully saturated rings. The van der Waals surface area contributed by atoms with Crippen LogP contribution < -0.4 is 10.2 Å². The third-order valence-corrected chi connectivity index (χ3v) is 5.32. The van der Waals surface area contributed by atoms with Gasteiger partial charge >= 0.3 is 0 Å². The van der Waals surface area contributed by atoms with Gasteiger partial charge in [0.05, 0.1) is 17.3 Å². The standard InChI is InChI=1S/C22H22ClN3O/c23-19-9-3-4-11-21(19)26-14-12-25(13-15-26)16-22(27)24-20-10-5-7-17-6-1-2-8-18(17)20/h1-11H,12-16H2,(H,24,27). The van der Waals surface area contributed by atoms with Crippen molar-refractivity contribution in [3.8, 4) is 0 Å². The minimum Gasteiger partial charge on any atom is -0.368 e. The molecule has 138 valence electrons. The zero-order valence-electron chi connectivity index (χ0n) is 15.1. The zero-order chi connectivity index (χ0) is 18.6. The van der Waals surface area contributed by atoms with E-state index in [2.05, 4.69) is 27.2 Å². The molecule has 0 aromatic heterocycles. The molecule has 0 saturated carbocycles. The quantitative estimate of drug-likeness (QED) is 0.736. The van der Waals surface area contributed by atoms with Crippen molar-refractivity contribution in [2.45, 2.75) is 0 Å². The lowest BCUT2D eigenvalue weighted by Gasteiger charge is -2.36. The van der Waals surface area contributed by atoms with E-state index in [0.29, 0.717) is 6.54 Å². The lowest BCUT2D eigenvalue weighted by molar-refractivity contribution is -0.117. The highest BCUT2D eigenvalue weighted by Crippen LogP contribution is 2.26. The van der Waals surface area contributed by atoms with E-state index in [1.54, 1.807) is 0 Å². The Balaban J connectivity index is 1.35. The number of fused-ring (bicyclic) bond motifs is 1. The summed E-state index contributed by atoms with van der Waals surface area (Å²) in [6.45, 7) is 3.82. The van der Waals surface area contributed by atoms with Crippen LogP contribution in [0.25, 0.3) is 10.8 Å². The fourth-order valence-corrected chi connectivity index (χ4v) is 3.84. The maximum atomic E-state index is 12.5. The Kier molecular flexibility index (Phi) is 5.28. The summed E-state index contributed by atoms with van der Waals surface area (Å²) in [7, 11) is 0. The van der Waals surface area contributed by atoms with Gasteiger partial charge in [-0.3, -0.25) is 9.69 Å². The molecule has 0 spiro atoms. The topological polar surface area (TPSA) is 35.6 Å². The highest BCUT2D eigenvalue weighted by Gasteiger charge is 2.20. The van der Waals surface area contributed by atoms with Crippen molar-refractivity contribution < 1.29 is 4.79 Å². The molecule has 1 N–H and O–H groups in total. The molecule has 1 aliphatic heterocycles. The lowest BCUT2D eigenvalue weighted by Crippen LogP contribution is -2.48. The number of hydrogen-bond acceptors (Lipinski definition) is 3. The molecular weight excluding hydrogens is 358 g/mol. The number of nitrogens with one attached hydrogen (secondary N) is 1. The summed E-state index contributed by atoms with van der Waals surface area (Å²) in [6.07, 6.45) is 0. The second-order valence-electron chi connectivity index (χ2n) is 6.79. The minimum atomic E-state index is 0.0255. The minimum absolute atomic E-state index is 0.0255. The molecular formula is C22H22ClN3O. The van der Waals surface area contributed by atoms with Gasteiger partial charge in [-0.25, -0.2) is 0 Å². The maximum absolute atomic E-state index is 12.5. The van der Waals surface area contributed by atoms with Crippen LogP contribution in [0, 0.1) is 0 Å². The Morgan fingerprint density at radius 1 is 0.889 bits per heavy atom. The zero-order valence-corrected chi connectivity index (χ0v) is 15.8. The van der Waals surface area contributed by atoms with Crippen LogP contribution in [0.4, 0.5) is 11.4 Å². The van der Waals surface area contributed by atoms with Crippen molar-refractivity contribution in [1.29, 1.82) is 0 Å². The summed E-state index contributed by atoms with van der Waals surface area (Å²) < 4.78 is 0. The molecule has 0 unspecified atom stereocenters. The molecule has 3 aromatic carbocycles. The molecule has 0 bridgehead atoms. The molecule has 3 aromatic rings. The number of amides is 1. The molecule has 0 aliphatic carbocycles. The van der Waals surface area contributed by atoms with Crippen LogP contribution in [-0.4, -0.2) is 43.5 Å². The Bertz CT molecular complexity index is 946. The van der Waals surface area contributed by atoms with Crippen LogP contribution in [-0.2, 0) is 4.79 Å². The Hall–Kier alpha value is -2.56. The first-order chi connectivity index (χ1) is 13.2. The van der Waals surface area contributed by atoms with E-state index in [1.807, 2.05) is 54.6 Å². The first-order valence-electron chi connectivity index (χ1n) is 9.20. The van der Waals surface area contributed by atoms with E-state index in [0.717, 1.165) is 53.3 Å². The van der Waals surface area contributed by atoms with Crippen molar-refractivity contribution in [2.75, 3.05) is 42.9 Å². The summed E-state index contributed by atoms with van der Waals surface area (Å²) in [4.78, 5) is 17.0. The van der Waals surface area contributed by atoms with Gasteiger partial charge in [0, 0.05) is 37.3 Å². The normalized spacial score (nSPS) is 15.1. The Morgan fingerprint density at radius 3 is 2.41 bits per heavy atom. The first-order valence-corrected chi connectivity index (χ1v) is 9.58. The number of halogens is 1. The van der Waals surface area contributed by atoms with Gasteiger partial charge in [0.2, 0.25) is 5.91 Å².